The van der Waals surface area contributed by atoms with Gasteiger partial charge in [-0.1, -0.05) is 152 Å². The number of fused-ring (bicyclic) bond motifs is 10. The van der Waals surface area contributed by atoms with Gasteiger partial charge in [-0.3, -0.25) is 4.57 Å². The fourth-order valence-electron chi connectivity index (χ4n) is 11.0. The molecular weight excluding hydrogens is 743 g/mol. The Morgan fingerprint density at radius 3 is 1.70 bits per heavy atom. The van der Waals surface area contributed by atoms with Crippen LogP contribution in [0.4, 0.5) is 0 Å². The van der Waals surface area contributed by atoms with Crippen LogP contribution in [0.2, 0.25) is 0 Å². The molecule has 0 saturated heterocycles. The number of nitrogens with zero attached hydrogens (tertiary/aromatic N) is 5. The second-order valence-corrected chi connectivity index (χ2v) is 16.3. The first-order chi connectivity index (χ1) is 30.3. The van der Waals surface area contributed by atoms with Crippen molar-refractivity contribution < 1.29 is 0 Å². The molecule has 3 heterocycles. The first-order valence-electron chi connectivity index (χ1n) is 20.9. The molecule has 0 bridgehead atoms. The minimum atomic E-state index is -0.493. The smallest absolute Gasteiger partial charge is 0.238 e. The molecule has 5 nitrogen and oxygen atoms in total. The Kier molecular flexibility index (Phi) is 6.43. The molecule has 61 heavy (non-hydrogen) atoms. The fourth-order valence-corrected chi connectivity index (χ4v) is 11.0. The van der Waals surface area contributed by atoms with E-state index in [2.05, 4.69) is 191 Å². The summed E-state index contributed by atoms with van der Waals surface area (Å²) in [6.07, 6.45) is 0. The zero-order chi connectivity index (χ0) is 39.8. The van der Waals surface area contributed by atoms with Crippen molar-refractivity contribution >= 4 is 54.4 Å². The van der Waals surface area contributed by atoms with E-state index in [1.165, 1.54) is 60.3 Å². The Balaban J connectivity index is 1.07. The van der Waals surface area contributed by atoms with Crippen molar-refractivity contribution in [3.63, 3.8) is 0 Å². The van der Waals surface area contributed by atoms with E-state index in [9.17, 15) is 0 Å². The SMILES string of the molecule is c1ccc(-c2nc(-c3ccc4c(c3)c3ccccc3n4-c3ccccc3)nc(-n3c4cccc5c4c4c6c(cccc6ccc43)C53c4ccccc4-c4ccccc43)n2)cc1. The molecule has 5 heteroatoms. The summed E-state index contributed by atoms with van der Waals surface area (Å²) in [6, 6.07) is 72.3. The molecule has 282 valence electrons. The fraction of sp³-hybridized carbons (Fsp3) is 0.0179. The van der Waals surface area contributed by atoms with E-state index in [1.807, 2.05) is 18.2 Å². The number of rotatable bonds is 4. The van der Waals surface area contributed by atoms with E-state index in [1.54, 1.807) is 0 Å². The van der Waals surface area contributed by atoms with Gasteiger partial charge in [-0.15, -0.1) is 0 Å². The monoisotopic (exact) mass is 775 g/mol. The average molecular weight is 776 g/mol. The first kappa shape index (κ1) is 32.8. The highest BCUT2D eigenvalue weighted by atomic mass is 15.2. The molecule has 0 fully saturated rings. The molecule has 0 aliphatic heterocycles. The van der Waals surface area contributed by atoms with Crippen molar-refractivity contribution in [3.05, 3.63) is 222 Å². The Morgan fingerprint density at radius 1 is 0.344 bits per heavy atom. The van der Waals surface area contributed by atoms with Crippen LogP contribution in [0.25, 0.3) is 99.9 Å². The van der Waals surface area contributed by atoms with Gasteiger partial charge < -0.3 is 4.57 Å². The van der Waals surface area contributed by atoms with Gasteiger partial charge in [-0.05, 0) is 92.7 Å². The van der Waals surface area contributed by atoms with Crippen LogP contribution < -0.4 is 0 Å². The molecule has 0 amide bonds. The van der Waals surface area contributed by atoms with Gasteiger partial charge >= 0.3 is 0 Å². The Labute approximate surface area is 350 Å². The summed E-state index contributed by atoms with van der Waals surface area (Å²) in [4.78, 5) is 16.0. The summed E-state index contributed by atoms with van der Waals surface area (Å²) >= 11 is 0. The van der Waals surface area contributed by atoms with Crippen LogP contribution >= 0.6 is 0 Å². The molecule has 0 atom stereocenters. The Hall–Kier alpha value is -8.15. The van der Waals surface area contributed by atoms with Crippen LogP contribution in [0.1, 0.15) is 22.3 Å². The number of benzene rings is 9. The Morgan fingerprint density at radius 2 is 0.918 bits per heavy atom. The normalized spacial score (nSPS) is 13.4. The molecule has 0 unspecified atom stereocenters. The maximum Gasteiger partial charge on any atom is 0.238 e. The molecule has 3 aromatic heterocycles. The summed E-state index contributed by atoms with van der Waals surface area (Å²) in [5.41, 5.74) is 14.8. The molecule has 0 N–H and O–H groups in total. The zero-order valence-corrected chi connectivity index (χ0v) is 32.8. The molecule has 2 aliphatic rings. The van der Waals surface area contributed by atoms with Crippen molar-refractivity contribution in [2.75, 3.05) is 0 Å². The van der Waals surface area contributed by atoms with Crippen molar-refractivity contribution in [3.8, 4) is 45.5 Å². The van der Waals surface area contributed by atoms with Crippen LogP contribution in [0, 0.1) is 0 Å². The lowest BCUT2D eigenvalue weighted by atomic mass is 9.63. The summed E-state index contributed by atoms with van der Waals surface area (Å²) in [5, 5.41) is 7.32. The van der Waals surface area contributed by atoms with Gasteiger partial charge in [-0.25, -0.2) is 4.98 Å². The van der Waals surface area contributed by atoms with E-state index >= 15 is 0 Å². The third-order valence-corrected chi connectivity index (χ3v) is 13.4. The lowest BCUT2D eigenvalue weighted by Crippen LogP contribution is -2.30. The third-order valence-electron chi connectivity index (χ3n) is 13.4. The molecule has 12 aromatic rings. The van der Waals surface area contributed by atoms with Gasteiger partial charge in [0.2, 0.25) is 5.95 Å². The van der Waals surface area contributed by atoms with Crippen LogP contribution in [0.5, 0.6) is 0 Å². The minimum Gasteiger partial charge on any atom is -0.309 e. The predicted molar refractivity (Wildman–Crippen MR) is 248 cm³/mol. The highest BCUT2D eigenvalue weighted by Gasteiger charge is 2.50. The molecular formula is C56H33N5. The standard InChI is InChI=1S/C56H33N5/c1-3-15-35(16-4-1)53-57-54(36-30-31-47-41(33-36)40-22-9-12-27-46(40)60(47)37-18-5-2-6-19-37)59-55(58-53)61-48-28-14-26-45-51(48)52-49(61)32-29-34-17-13-25-44(50(34)52)56(45)42-23-10-7-20-38(42)39-21-8-11-24-43(39)56/h1-33H. The van der Waals surface area contributed by atoms with E-state index in [0.29, 0.717) is 17.6 Å². The summed E-state index contributed by atoms with van der Waals surface area (Å²) in [6.45, 7) is 0. The predicted octanol–water partition coefficient (Wildman–Crippen LogP) is 13.2. The highest BCUT2D eigenvalue weighted by Crippen LogP contribution is 2.62. The van der Waals surface area contributed by atoms with Gasteiger partial charge in [0.25, 0.3) is 0 Å². The molecule has 0 saturated carbocycles. The van der Waals surface area contributed by atoms with E-state index in [-0.39, 0.29) is 0 Å². The van der Waals surface area contributed by atoms with Crippen molar-refractivity contribution in [1.82, 2.24) is 24.1 Å². The van der Waals surface area contributed by atoms with Crippen LogP contribution in [-0.2, 0) is 5.41 Å². The Bertz CT molecular complexity index is 3780. The van der Waals surface area contributed by atoms with Crippen LogP contribution in [-0.4, -0.2) is 24.1 Å². The first-order valence-corrected chi connectivity index (χ1v) is 20.9. The molecule has 2 aliphatic carbocycles. The highest BCUT2D eigenvalue weighted by molar-refractivity contribution is 6.26. The van der Waals surface area contributed by atoms with Gasteiger partial charge in [0.1, 0.15) is 0 Å². The maximum atomic E-state index is 5.45. The van der Waals surface area contributed by atoms with E-state index < -0.39 is 5.41 Å². The number of para-hydroxylation sites is 2. The van der Waals surface area contributed by atoms with Crippen molar-refractivity contribution in [2.45, 2.75) is 5.41 Å². The summed E-state index contributed by atoms with van der Waals surface area (Å²) in [5.74, 6) is 1.85. The average Bonchev–Trinajstić information content (AvgIpc) is 3.96. The molecule has 9 aromatic carbocycles. The second kappa shape index (κ2) is 12.0. The third kappa shape index (κ3) is 4.21. The second-order valence-electron chi connectivity index (χ2n) is 16.3. The van der Waals surface area contributed by atoms with Crippen LogP contribution in [0.3, 0.4) is 0 Å². The van der Waals surface area contributed by atoms with Crippen molar-refractivity contribution in [2.24, 2.45) is 0 Å². The van der Waals surface area contributed by atoms with Gasteiger partial charge in [0, 0.05) is 38.4 Å². The lowest BCUT2D eigenvalue weighted by molar-refractivity contribution is 0.783. The van der Waals surface area contributed by atoms with E-state index in [0.717, 1.165) is 44.3 Å². The quantitative estimate of drug-likeness (QED) is 0.179. The topological polar surface area (TPSA) is 48.5 Å². The maximum absolute atomic E-state index is 5.45. The number of aromatic nitrogens is 5. The largest absolute Gasteiger partial charge is 0.309 e. The van der Waals surface area contributed by atoms with Gasteiger partial charge in [0.05, 0.1) is 27.5 Å². The van der Waals surface area contributed by atoms with Crippen LogP contribution in [0.15, 0.2) is 200 Å². The lowest BCUT2D eigenvalue weighted by Gasteiger charge is -2.37. The summed E-state index contributed by atoms with van der Waals surface area (Å²) < 4.78 is 4.62. The van der Waals surface area contributed by atoms with Gasteiger partial charge in [0.15, 0.2) is 11.6 Å². The number of hydrogen-bond acceptors (Lipinski definition) is 3. The molecule has 0 radical (unpaired) electrons. The summed E-state index contributed by atoms with van der Waals surface area (Å²) in [7, 11) is 0. The van der Waals surface area contributed by atoms with E-state index in [4.69, 9.17) is 15.0 Å². The van der Waals surface area contributed by atoms with Crippen molar-refractivity contribution in [1.29, 1.82) is 0 Å². The zero-order valence-electron chi connectivity index (χ0n) is 32.8. The number of hydrogen-bond donors (Lipinski definition) is 0. The molecule has 1 spiro atoms. The molecule has 14 rings (SSSR count). The minimum absolute atomic E-state index is 0.493. The van der Waals surface area contributed by atoms with Gasteiger partial charge in [-0.2, -0.15) is 9.97 Å².